The van der Waals surface area contributed by atoms with Crippen LogP contribution in [0, 0.1) is 5.82 Å². The molecule has 1 aromatic rings. The van der Waals surface area contributed by atoms with Crippen LogP contribution in [0.5, 0.6) is 0 Å². The summed E-state index contributed by atoms with van der Waals surface area (Å²) in [6, 6.07) is 1.91. The maximum absolute atomic E-state index is 13.8. The van der Waals surface area contributed by atoms with Gasteiger partial charge in [-0.3, -0.25) is 4.90 Å². The molecule has 3 heterocycles. The second-order valence-corrected chi connectivity index (χ2v) is 5.17. The van der Waals surface area contributed by atoms with Crippen LogP contribution in [0.1, 0.15) is 12.8 Å². The number of fused-ring (bicyclic) bond motifs is 1. The van der Waals surface area contributed by atoms with E-state index in [9.17, 15) is 4.39 Å². The Hall–Kier alpha value is -0.870. The van der Waals surface area contributed by atoms with E-state index in [-0.39, 0.29) is 5.82 Å². The Morgan fingerprint density at radius 2 is 2.24 bits per heavy atom. The van der Waals surface area contributed by atoms with Crippen molar-refractivity contribution in [3.8, 4) is 0 Å². The Balaban J connectivity index is 1.80. The van der Waals surface area contributed by atoms with Gasteiger partial charge in [-0.1, -0.05) is 11.6 Å². The maximum atomic E-state index is 13.8. The van der Waals surface area contributed by atoms with Gasteiger partial charge in [0, 0.05) is 31.9 Å². The molecule has 0 bridgehead atoms. The molecular weight excluding hydrogens is 241 g/mol. The molecule has 2 fully saturated rings. The standard InChI is InChI=1S/C12H15ClFN3/c13-9-6-11(14)12(15-7-9)17-5-4-16-3-1-2-10(16)8-17/h6-7,10H,1-5,8H2. The summed E-state index contributed by atoms with van der Waals surface area (Å²) >= 11 is 5.72. The van der Waals surface area contributed by atoms with Crippen LogP contribution in [0.4, 0.5) is 10.2 Å². The molecule has 3 nitrogen and oxygen atoms in total. The summed E-state index contributed by atoms with van der Waals surface area (Å²) in [7, 11) is 0. The smallest absolute Gasteiger partial charge is 0.167 e. The second-order valence-electron chi connectivity index (χ2n) is 4.74. The molecule has 2 aliphatic heterocycles. The summed E-state index contributed by atoms with van der Waals surface area (Å²) in [6.45, 7) is 3.93. The number of rotatable bonds is 1. The molecular formula is C12H15ClFN3. The van der Waals surface area contributed by atoms with E-state index in [1.807, 2.05) is 4.90 Å². The second kappa shape index (κ2) is 4.42. The minimum absolute atomic E-state index is 0.316. The van der Waals surface area contributed by atoms with Gasteiger partial charge in [0.2, 0.25) is 0 Å². The van der Waals surface area contributed by atoms with Crippen molar-refractivity contribution in [2.75, 3.05) is 31.1 Å². The molecule has 1 aromatic heterocycles. The first-order valence-corrected chi connectivity index (χ1v) is 6.42. The summed E-state index contributed by atoms with van der Waals surface area (Å²) in [5.41, 5.74) is 0. The molecule has 3 rings (SSSR count). The number of hydrogen-bond donors (Lipinski definition) is 0. The van der Waals surface area contributed by atoms with Crippen molar-refractivity contribution in [3.63, 3.8) is 0 Å². The lowest BCUT2D eigenvalue weighted by atomic mass is 10.1. The van der Waals surface area contributed by atoms with Crippen molar-refractivity contribution in [2.24, 2.45) is 0 Å². The van der Waals surface area contributed by atoms with Gasteiger partial charge in [0.1, 0.15) is 0 Å². The zero-order chi connectivity index (χ0) is 11.8. The Morgan fingerprint density at radius 3 is 3.06 bits per heavy atom. The van der Waals surface area contributed by atoms with Gasteiger partial charge < -0.3 is 4.90 Å². The van der Waals surface area contributed by atoms with Crippen molar-refractivity contribution in [1.29, 1.82) is 0 Å². The van der Waals surface area contributed by atoms with Crippen LogP contribution >= 0.6 is 11.6 Å². The van der Waals surface area contributed by atoms with Gasteiger partial charge in [0.05, 0.1) is 5.02 Å². The van der Waals surface area contributed by atoms with E-state index in [4.69, 9.17) is 11.6 Å². The first-order valence-electron chi connectivity index (χ1n) is 6.04. The van der Waals surface area contributed by atoms with Crippen LogP contribution in [-0.2, 0) is 0 Å². The predicted molar refractivity (Wildman–Crippen MR) is 66.0 cm³/mol. The zero-order valence-electron chi connectivity index (χ0n) is 9.57. The first-order chi connectivity index (χ1) is 8.24. The van der Waals surface area contributed by atoms with Crippen LogP contribution in [0.15, 0.2) is 12.3 Å². The monoisotopic (exact) mass is 255 g/mol. The van der Waals surface area contributed by atoms with Gasteiger partial charge in [-0.25, -0.2) is 9.37 Å². The highest BCUT2D eigenvalue weighted by atomic mass is 35.5. The molecule has 0 aliphatic carbocycles. The molecule has 5 heteroatoms. The van der Waals surface area contributed by atoms with Crippen molar-refractivity contribution in [1.82, 2.24) is 9.88 Å². The minimum Gasteiger partial charge on any atom is -0.351 e. The van der Waals surface area contributed by atoms with E-state index in [1.54, 1.807) is 0 Å². The summed E-state index contributed by atoms with van der Waals surface area (Å²) in [4.78, 5) is 8.65. The first kappa shape index (κ1) is 11.2. The molecule has 1 atom stereocenters. The molecule has 0 spiro atoms. The molecule has 2 aliphatic rings. The Morgan fingerprint density at radius 1 is 1.35 bits per heavy atom. The van der Waals surface area contributed by atoms with Gasteiger partial charge in [-0.15, -0.1) is 0 Å². The fraction of sp³-hybridized carbons (Fsp3) is 0.583. The molecule has 0 N–H and O–H groups in total. The summed E-state index contributed by atoms with van der Waals surface area (Å²) in [5.74, 6) is 0.130. The molecule has 17 heavy (non-hydrogen) atoms. The van der Waals surface area contributed by atoms with Crippen LogP contribution in [-0.4, -0.2) is 42.1 Å². The number of halogens is 2. The third-order valence-corrected chi connectivity index (χ3v) is 3.88. The highest BCUT2D eigenvalue weighted by Gasteiger charge is 2.31. The average molecular weight is 256 g/mol. The van der Waals surface area contributed by atoms with Crippen LogP contribution in [0.25, 0.3) is 0 Å². The number of piperazine rings is 1. The lowest BCUT2D eigenvalue weighted by Crippen LogP contribution is -2.50. The molecule has 0 aromatic carbocycles. The number of hydrogen-bond acceptors (Lipinski definition) is 3. The quantitative estimate of drug-likeness (QED) is 0.767. The summed E-state index contributed by atoms with van der Waals surface area (Å²) < 4.78 is 13.8. The molecule has 1 unspecified atom stereocenters. The fourth-order valence-electron chi connectivity index (χ4n) is 2.82. The van der Waals surface area contributed by atoms with Crippen molar-refractivity contribution in [2.45, 2.75) is 18.9 Å². The van der Waals surface area contributed by atoms with E-state index < -0.39 is 0 Å². The molecule has 0 saturated carbocycles. The third kappa shape index (κ3) is 2.11. The SMILES string of the molecule is Fc1cc(Cl)cnc1N1CCN2CCCC2C1. The number of aromatic nitrogens is 1. The number of nitrogens with zero attached hydrogens (tertiary/aromatic N) is 3. The molecule has 2 saturated heterocycles. The molecule has 92 valence electrons. The highest BCUT2D eigenvalue weighted by molar-refractivity contribution is 6.30. The van der Waals surface area contributed by atoms with Crippen LogP contribution < -0.4 is 4.90 Å². The molecule has 0 amide bonds. The largest absolute Gasteiger partial charge is 0.351 e. The van der Waals surface area contributed by atoms with Crippen LogP contribution in [0.2, 0.25) is 5.02 Å². The summed E-state index contributed by atoms with van der Waals surface area (Å²) in [5, 5.41) is 0.353. The van der Waals surface area contributed by atoms with Crippen molar-refractivity contribution >= 4 is 17.4 Å². The van der Waals surface area contributed by atoms with E-state index in [1.165, 1.54) is 31.6 Å². The Labute approximate surface area is 105 Å². The van der Waals surface area contributed by atoms with Crippen molar-refractivity contribution < 1.29 is 4.39 Å². The van der Waals surface area contributed by atoms with Gasteiger partial charge in [-0.05, 0) is 25.5 Å². The van der Waals surface area contributed by atoms with E-state index in [2.05, 4.69) is 9.88 Å². The predicted octanol–water partition coefficient (Wildman–Crippen LogP) is 2.16. The lowest BCUT2D eigenvalue weighted by molar-refractivity contribution is 0.229. The lowest BCUT2D eigenvalue weighted by Gasteiger charge is -2.38. The normalized spacial score (nSPS) is 25.1. The molecule has 0 radical (unpaired) electrons. The van der Waals surface area contributed by atoms with Gasteiger partial charge in [0.15, 0.2) is 11.6 Å². The fourth-order valence-corrected chi connectivity index (χ4v) is 2.97. The third-order valence-electron chi connectivity index (χ3n) is 3.68. The summed E-state index contributed by atoms with van der Waals surface area (Å²) in [6.07, 6.45) is 3.99. The average Bonchev–Trinajstić information content (AvgIpc) is 2.75. The minimum atomic E-state index is -0.316. The van der Waals surface area contributed by atoms with E-state index in [0.717, 1.165) is 19.6 Å². The van der Waals surface area contributed by atoms with Gasteiger partial charge >= 0.3 is 0 Å². The van der Waals surface area contributed by atoms with E-state index in [0.29, 0.717) is 16.9 Å². The van der Waals surface area contributed by atoms with Gasteiger partial charge in [-0.2, -0.15) is 0 Å². The zero-order valence-corrected chi connectivity index (χ0v) is 10.3. The number of anilines is 1. The van der Waals surface area contributed by atoms with Gasteiger partial charge in [0.25, 0.3) is 0 Å². The number of pyridine rings is 1. The maximum Gasteiger partial charge on any atom is 0.167 e. The van der Waals surface area contributed by atoms with Crippen molar-refractivity contribution in [3.05, 3.63) is 23.1 Å². The van der Waals surface area contributed by atoms with E-state index >= 15 is 0 Å². The topological polar surface area (TPSA) is 19.4 Å². The Bertz CT molecular complexity index is 426. The highest BCUT2D eigenvalue weighted by Crippen LogP contribution is 2.26. The van der Waals surface area contributed by atoms with Crippen LogP contribution in [0.3, 0.4) is 0 Å². The Kier molecular flexibility index (Phi) is 2.92.